The minimum atomic E-state index is -3.80. The van der Waals surface area contributed by atoms with Crippen LogP contribution < -0.4 is 15.6 Å². The molecule has 2 rings (SSSR count). The van der Waals surface area contributed by atoms with Crippen molar-refractivity contribution in [3.8, 4) is 0 Å². The molecule has 11 heteroatoms. The number of hydrogen-bond donors (Lipinski definition) is 3. The van der Waals surface area contributed by atoms with E-state index in [1.165, 1.54) is 36.8 Å². The fraction of sp³-hybridized carbons (Fsp3) is 0.182. The number of sulfonamides is 1. The maximum atomic E-state index is 12.1. The molecule has 0 aliphatic carbocycles. The number of ether oxygens (including phenoxy) is 1. The van der Waals surface area contributed by atoms with E-state index < -0.39 is 10.0 Å². The van der Waals surface area contributed by atoms with Crippen molar-refractivity contribution in [2.45, 2.75) is 11.8 Å². The molecular weight excluding hydrogens is 328 g/mol. The Morgan fingerprint density at radius 2 is 2.27 bits per heavy atom. The van der Waals surface area contributed by atoms with Crippen LogP contribution in [0.15, 0.2) is 46.3 Å². The zero-order chi connectivity index (χ0) is 16.2. The van der Waals surface area contributed by atoms with Crippen molar-refractivity contribution in [3.05, 3.63) is 36.4 Å². The van der Waals surface area contributed by atoms with Gasteiger partial charge in [0.15, 0.2) is 0 Å². The van der Waals surface area contributed by atoms with E-state index in [0.717, 1.165) is 0 Å². The standard InChI is InChI=1S/C11H14N6O3S2/c1-8-7-17(14-10(13-8)20-2)15-11(21)16-22(18,19)9-4-3-5-12-6-9/h3-7H,1-2H3,(H,13,14)(H2,15,16,21). The molecule has 0 spiro atoms. The number of hydrogen-bond acceptors (Lipinski definition) is 8. The van der Waals surface area contributed by atoms with E-state index in [0.29, 0.717) is 5.70 Å². The van der Waals surface area contributed by atoms with Crippen molar-refractivity contribution < 1.29 is 13.2 Å². The molecule has 1 aromatic heterocycles. The number of hydrazine groups is 2. The smallest absolute Gasteiger partial charge is 0.310 e. The molecule has 1 aromatic rings. The molecule has 9 nitrogen and oxygen atoms in total. The molecular formula is C11H14N6O3S2. The minimum absolute atomic E-state index is 0.0108. The van der Waals surface area contributed by atoms with E-state index in [9.17, 15) is 8.42 Å². The monoisotopic (exact) mass is 342 g/mol. The Kier molecular flexibility index (Phi) is 4.78. The van der Waals surface area contributed by atoms with Gasteiger partial charge in [-0.3, -0.25) is 15.1 Å². The Morgan fingerprint density at radius 1 is 1.50 bits per heavy atom. The number of thiocarbonyl (C=S) groups is 1. The highest BCUT2D eigenvalue weighted by Crippen LogP contribution is 2.05. The van der Waals surface area contributed by atoms with Crippen LogP contribution in [0, 0.1) is 0 Å². The van der Waals surface area contributed by atoms with Gasteiger partial charge in [0.05, 0.1) is 19.0 Å². The number of amidine groups is 1. The van der Waals surface area contributed by atoms with E-state index in [1.807, 2.05) is 0 Å². The van der Waals surface area contributed by atoms with Crippen molar-refractivity contribution in [2.24, 2.45) is 4.99 Å². The molecule has 0 fully saturated rings. The Balaban J connectivity index is 2.01. The van der Waals surface area contributed by atoms with Gasteiger partial charge in [-0.25, -0.2) is 13.8 Å². The normalized spacial score (nSPS) is 14.4. The molecule has 0 unspecified atom stereocenters. The van der Waals surface area contributed by atoms with Gasteiger partial charge in [-0.05, 0) is 31.3 Å². The quantitative estimate of drug-likeness (QED) is 0.650. The Labute approximate surface area is 133 Å². The Morgan fingerprint density at radius 3 is 2.91 bits per heavy atom. The molecule has 0 amide bonds. The van der Waals surface area contributed by atoms with E-state index in [-0.39, 0.29) is 16.0 Å². The number of allylic oxidation sites excluding steroid dienone is 1. The fourth-order valence-electron chi connectivity index (χ4n) is 1.51. The van der Waals surface area contributed by atoms with Crippen LogP contribution in [0.4, 0.5) is 0 Å². The zero-order valence-electron chi connectivity index (χ0n) is 11.8. The van der Waals surface area contributed by atoms with Crippen LogP contribution in [0.2, 0.25) is 0 Å². The lowest BCUT2D eigenvalue weighted by Gasteiger charge is -2.27. The summed E-state index contributed by atoms with van der Waals surface area (Å²) >= 11 is 4.98. The summed E-state index contributed by atoms with van der Waals surface area (Å²) in [6.07, 6.45) is 4.28. The first-order valence-corrected chi connectivity index (χ1v) is 7.90. The number of pyridine rings is 1. The number of nitrogens with zero attached hydrogens (tertiary/aromatic N) is 3. The summed E-state index contributed by atoms with van der Waals surface area (Å²) in [4.78, 5) is 7.82. The molecule has 22 heavy (non-hydrogen) atoms. The van der Waals surface area contributed by atoms with Gasteiger partial charge < -0.3 is 4.74 Å². The third-order valence-electron chi connectivity index (χ3n) is 2.40. The van der Waals surface area contributed by atoms with Crippen molar-refractivity contribution in [1.29, 1.82) is 0 Å². The van der Waals surface area contributed by atoms with Crippen LogP contribution in [0.25, 0.3) is 0 Å². The average molecular weight is 342 g/mol. The Bertz CT molecular complexity index is 717. The maximum absolute atomic E-state index is 12.1. The largest absolute Gasteiger partial charge is 0.467 e. The van der Waals surface area contributed by atoms with Gasteiger partial charge in [0.25, 0.3) is 10.0 Å². The summed E-state index contributed by atoms with van der Waals surface area (Å²) in [5, 5.41) is 1.20. The number of aliphatic imine (C=N–C) groups is 1. The fourth-order valence-corrected chi connectivity index (χ4v) is 2.80. The van der Waals surface area contributed by atoms with E-state index in [2.05, 4.69) is 25.6 Å². The number of rotatable bonds is 3. The van der Waals surface area contributed by atoms with Crippen LogP contribution >= 0.6 is 12.2 Å². The van der Waals surface area contributed by atoms with E-state index in [1.54, 1.807) is 13.1 Å². The highest BCUT2D eigenvalue weighted by molar-refractivity contribution is 7.91. The van der Waals surface area contributed by atoms with Gasteiger partial charge in [-0.15, -0.1) is 0 Å². The van der Waals surface area contributed by atoms with Crippen molar-refractivity contribution in [2.75, 3.05) is 7.11 Å². The first-order chi connectivity index (χ1) is 10.4. The Hall–Kier alpha value is -2.40. The van der Waals surface area contributed by atoms with Gasteiger partial charge >= 0.3 is 6.02 Å². The summed E-state index contributed by atoms with van der Waals surface area (Å²) in [5.74, 6) is 0. The van der Waals surface area contributed by atoms with Crippen LogP contribution in [0.1, 0.15) is 6.92 Å². The molecule has 1 aliphatic rings. The second kappa shape index (κ2) is 6.58. The second-order valence-corrected chi connectivity index (χ2v) is 6.20. The number of aromatic nitrogens is 1. The molecule has 0 radical (unpaired) electrons. The van der Waals surface area contributed by atoms with Gasteiger partial charge in [0, 0.05) is 12.4 Å². The summed E-state index contributed by atoms with van der Waals surface area (Å²) in [7, 11) is -2.35. The third kappa shape index (κ3) is 4.05. The summed E-state index contributed by atoms with van der Waals surface area (Å²) in [6, 6.07) is 3.17. The molecule has 2 heterocycles. The first kappa shape index (κ1) is 16.0. The third-order valence-corrected chi connectivity index (χ3v) is 4.05. The molecule has 3 N–H and O–H groups in total. The average Bonchev–Trinajstić information content (AvgIpc) is 2.46. The maximum Gasteiger partial charge on any atom is 0.310 e. The zero-order valence-corrected chi connectivity index (χ0v) is 13.4. The molecule has 0 saturated heterocycles. The lowest BCUT2D eigenvalue weighted by molar-refractivity contribution is 0.237. The first-order valence-electron chi connectivity index (χ1n) is 6.01. The summed E-state index contributed by atoms with van der Waals surface area (Å²) in [5.41, 5.74) is 6.01. The highest BCUT2D eigenvalue weighted by atomic mass is 32.2. The molecule has 0 bridgehead atoms. The molecule has 1 aliphatic heterocycles. The van der Waals surface area contributed by atoms with Crippen LogP contribution in [0.5, 0.6) is 0 Å². The van der Waals surface area contributed by atoms with Crippen molar-refractivity contribution >= 4 is 33.4 Å². The van der Waals surface area contributed by atoms with E-state index >= 15 is 0 Å². The molecule has 0 aromatic carbocycles. The van der Waals surface area contributed by atoms with Gasteiger partial charge in [0.2, 0.25) is 5.11 Å². The minimum Gasteiger partial charge on any atom is -0.467 e. The predicted octanol–water partition coefficient (Wildman–Crippen LogP) is -0.167. The number of nitrogens with one attached hydrogen (secondary N) is 3. The molecule has 0 saturated carbocycles. The van der Waals surface area contributed by atoms with Crippen LogP contribution in [-0.4, -0.2) is 36.8 Å². The lowest BCUT2D eigenvalue weighted by atomic mass is 10.5. The van der Waals surface area contributed by atoms with Crippen molar-refractivity contribution in [3.63, 3.8) is 0 Å². The van der Waals surface area contributed by atoms with Crippen LogP contribution in [-0.2, 0) is 14.8 Å². The lowest BCUT2D eigenvalue weighted by Crippen LogP contribution is -2.54. The van der Waals surface area contributed by atoms with Gasteiger partial charge in [-0.2, -0.15) is 10.1 Å². The SMILES string of the molecule is COC1=NC(C)=CN(NC(=S)NS(=O)(=O)c2cccnc2)N1. The van der Waals surface area contributed by atoms with Crippen molar-refractivity contribution in [1.82, 2.24) is 25.7 Å². The van der Waals surface area contributed by atoms with Crippen LogP contribution in [0.3, 0.4) is 0 Å². The highest BCUT2D eigenvalue weighted by Gasteiger charge is 2.18. The predicted molar refractivity (Wildman–Crippen MR) is 83.5 cm³/mol. The topological polar surface area (TPSA) is 108 Å². The summed E-state index contributed by atoms with van der Waals surface area (Å²) < 4.78 is 31.4. The van der Waals surface area contributed by atoms with E-state index in [4.69, 9.17) is 17.0 Å². The number of methoxy groups -OCH3 is 1. The summed E-state index contributed by atoms with van der Waals surface area (Å²) in [6.45, 7) is 1.75. The van der Waals surface area contributed by atoms with Gasteiger partial charge in [-0.1, -0.05) is 0 Å². The molecule has 0 atom stereocenters. The second-order valence-electron chi connectivity index (χ2n) is 4.11. The van der Waals surface area contributed by atoms with Gasteiger partial charge in [0.1, 0.15) is 4.90 Å². The molecule has 118 valence electrons.